The van der Waals surface area contributed by atoms with Gasteiger partial charge in [0.1, 0.15) is 0 Å². The van der Waals surface area contributed by atoms with Gasteiger partial charge >= 0.3 is 0 Å². The Labute approximate surface area is 147 Å². The Balaban J connectivity index is 1.96. The van der Waals surface area contributed by atoms with Crippen LogP contribution in [0.4, 0.5) is 5.69 Å². The third kappa shape index (κ3) is 3.46. The van der Waals surface area contributed by atoms with Gasteiger partial charge in [-0.05, 0) is 42.9 Å². The molecule has 4 nitrogen and oxygen atoms in total. The molecule has 0 aliphatic carbocycles. The highest BCUT2D eigenvalue weighted by molar-refractivity contribution is 6.30. The lowest BCUT2D eigenvalue weighted by molar-refractivity contribution is 0.0945. The number of anilines is 1. The zero-order valence-electron chi connectivity index (χ0n) is 13.6. The average Bonchev–Trinajstić information content (AvgIpc) is 2.97. The molecule has 126 valence electrons. The van der Waals surface area contributed by atoms with E-state index in [1.165, 1.54) is 0 Å². The van der Waals surface area contributed by atoms with Gasteiger partial charge in [0.2, 0.25) is 0 Å². The van der Waals surface area contributed by atoms with Gasteiger partial charge in [-0.15, -0.1) is 0 Å². The SMILES string of the molecule is CCN1C[C@H](O)[C@@H](N(C(=O)c2ccc(Cl)cc2)c2ccccc2)C1. The zero-order valence-corrected chi connectivity index (χ0v) is 14.4. The molecule has 2 aromatic carbocycles. The van der Waals surface area contributed by atoms with E-state index in [2.05, 4.69) is 11.8 Å². The fraction of sp³-hybridized carbons (Fsp3) is 0.316. The zero-order chi connectivity index (χ0) is 17.1. The van der Waals surface area contributed by atoms with Crippen LogP contribution in [0, 0.1) is 0 Å². The van der Waals surface area contributed by atoms with Gasteiger partial charge in [0, 0.05) is 29.4 Å². The molecule has 0 bridgehead atoms. The standard InChI is InChI=1S/C19H21ClN2O2/c1-2-21-12-17(18(23)13-21)22(16-6-4-3-5-7-16)19(24)14-8-10-15(20)11-9-14/h3-11,17-18,23H,2,12-13H2,1H3/t17-,18-/m0/s1. The predicted octanol–water partition coefficient (Wildman–Crippen LogP) is 3.05. The van der Waals surface area contributed by atoms with Gasteiger partial charge in [0.05, 0.1) is 12.1 Å². The molecule has 0 aromatic heterocycles. The summed E-state index contributed by atoms with van der Waals surface area (Å²) in [6, 6.07) is 16.1. The summed E-state index contributed by atoms with van der Waals surface area (Å²) in [6.45, 7) is 4.15. The largest absolute Gasteiger partial charge is 0.390 e. The summed E-state index contributed by atoms with van der Waals surface area (Å²) in [7, 11) is 0. The first-order valence-electron chi connectivity index (χ1n) is 8.14. The van der Waals surface area contributed by atoms with E-state index in [1.807, 2.05) is 30.3 Å². The maximum Gasteiger partial charge on any atom is 0.258 e. The van der Waals surface area contributed by atoms with E-state index >= 15 is 0 Å². The van der Waals surface area contributed by atoms with Crippen LogP contribution in [0.2, 0.25) is 5.02 Å². The molecule has 1 fully saturated rings. The smallest absolute Gasteiger partial charge is 0.258 e. The van der Waals surface area contributed by atoms with Crippen molar-refractivity contribution < 1.29 is 9.90 Å². The monoisotopic (exact) mass is 344 g/mol. The molecule has 2 atom stereocenters. The number of hydrogen-bond acceptors (Lipinski definition) is 3. The lowest BCUT2D eigenvalue weighted by Gasteiger charge is -2.31. The third-order valence-electron chi connectivity index (χ3n) is 4.46. The molecular formula is C19H21ClN2O2. The second-order valence-corrected chi connectivity index (χ2v) is 6.44. The Morgan fingerprint density at radius 2 is 1.83 bits per heavy atom. The maximum absolute atomic E-state index is 13.1. The van der Waals surface area contributed by atoms with Crippen molar-refractivity contribution >= 4 is 23.2 Å². The number of para-hydroxylation sites is 1. The van der Waals surface area contributed by atoms with Crippen LogP contribution in [0.1, 0.15) is 17.3 Å². The van der Waals surface area contributed by atoms with Crippen LogP contribution in [0.15, 0.2) is 54.6 Å². The maximum atomic E-state index is 13.1. The number of carbonyl (C=O) groups excluding carboxylic acids is 1. The van der Waals surface area contributed by atoms with Crippen molar-refractivity contribution in [3.63, 3.8) is 0 Å². The van der Waals surface area contributed by atoms with Crippen LogP contribution in [-0.4, -0.2) is 47.7 Å². The number of likely N-dealkylation sites (tertiary alicyclic amines) is 1. The number of amides is 1. The molecule has 3 rings (SSSR count). The third-order valence-corrected chi connectivity index (χ3v) is 4.71. The van der Waals surface area contributed by atoms with Crippen molar-refractivity contribution in [2.75, 3.05) is 24.5 Å². The van der Waals surface area contributed by atoms with Crippen LogP contribution >= 0.6 is 11.6 Å². The second kappa shape index (κ2) is 7.34. The van der Waals surface area contributed by atoms with E-state index in [-0.39, 0.29) is 11.9 Å². The molecule has 0 spiro atoms. The highest BCUT2D eigenvalue weighted by Crippen LogP contribution is 2.26. The number of rotatable bonds is 4. The summed E-state index contributed by atoms with van der Waals surface area (Å²) < 4.78 is 0. The number of hydrogen-bond donors (Lipinski definition) is 1. The Morgan fingerprint density at radius 3 is 2.42 bits per heavy atom. The lowest BCUT2D eigenvalue weighted by Crippen LogP contribution is -2.47. The van der Waals surface area contributed by atoms with Crippen molar-refractivity contribution in [3.8, 4) is 0 Å². The lowest BCUT2D eigenvalue weighted by atomic mass is 10.1. The molecule has 5 heteroatoms. The molecule has 2 aromatic rings. The Kier molecular flexibility index (Phi) is 5.19. The van der Waals surface area contributed by atoms with Gasteiger partial charge in [-0.3, -0.25) is 9.69 Å². The molecule has 1 aliphatic heterocycles. The van der Waals surface area contributed by atoms with Crippen molar-refractivity contribution in [3.05, 3.63) is 65.2 Å². The molecule has 0 saturated carbocycles. The normalized spacial score (nSPS) is 21.0. The van der Waals surface area contributed by atoms with Crippen LogP contribution in [0.25, 0.3) is 0 Å². The van der Waals surface area contributed by atoms with Gasteiger partial charge in [0.15, 0.2) is 0 Å². The summed E-state index contributed by atoms with van der Waals surface area (Å²) >= 11 is 5.93. The Hall–Kier alpha value is -1.88. The van der Waals surface area contributed by atoms with Crippen molar-refractivity contribution in [2.45, 2.75) is 19.1 Å². The first-order valence-corrected chi connectivity index (χ1v) is 8.52. The fourth-order valence-electron chi connectivity index (χ4n) is 3.14. The average molecular weight is 345 g/mol. The quantitative estimate of drug-likeness (QED) is 0.927. The van der Waals surface area contributed by atoms with Gasteiger partial charge in [0.25, 0.3) is 5.91 Å². The number of likely N-dealkylation sites (N-methyl/N-ethyl adjacent to an activating group) is 1. The first kappa shape index (κ1) is 17.0. The highest BCUT2D eigenvalue weighted by Gasteiger charge is 2.38. The molecule has 0 radical (unpaired) electrons. The molecular weight excluding hydrogens is 324 g/mol. The van der Waals surface area contributed by atoms with Crippen molar-refractivity contribution in [1.29, 1.82) is 0 Å². The van der Waals surface area contributed by atoms with Gasteiger partial charge in [-0.1, -0.05) is 36.7 Å². The van der Waals surface area contributed by atoms with E-state index in [1.54, 1.807) is 29.2 Å². The van der Waals surface area contributed by atoms with Crippen LogP contribution < -0.4 is 4.90 Å². The number of nitrogens with zero attached hydrogens (tertiary/aromatic N) is 2. The van der Waals surface area contributed by atoms with Crippen molar-refractivity contribution in [2.24, 2.45) is 0 Å². The number of aliphatic hydroxyl groups is 1. The van der Waals surface area contributed by atoms with E-state index in [4.69, 9.17) is 11.6 Å². The molecule has 1 aliphatic rings. The molecule has 24 heavy (non-hydrogen) atoms. The molecule has 0 unspecified atom stereocenters. The number of halogens is 1. The van der Waals surface area contributed by atoms with Crippen LogP contribution in [0.3, 0.4) is 0 Å². The van der Waals surface area contributed by atoms with E-state index in [9.17, 15) is 9.90 Å². The summed E-state index contributed by atoms with van der Waals surface area (Å²) in [5, 5.41) is 11.1. The predicted molar refractivity (Wildman–Crippen MR) is 96.6 cm³/mol. The van der Waals surface area contributed by atoms with Crippen molar-refractivity contribution in [1.82, 2.24) is 4.90 Å². The number of β-amino-alcohol motifs (C(OH)–C–C–N with tert-alkyl or cyclic N) is 1. The van der Waals surface area contributed by atoms with E-state index in [0.29, 0.717) is 23.7 Å². The van der Waals surface area contributed by atoms with Gasteiger partial charge < -0.3 is 10.0 Å². The summed E-state index contributed by atoms with van der Waals surface area (Å²) in [5.74, 6) is -0.125. The number of benzene rings is 2. The van der Waals surface area contributed by atoms with E-state index in [0.717, 1.165) is 12.2 Å². The van der Waals surface area contributed by atoms with Gasteiger partial charge in [-0.2, -0.15) is 0 Å². The number of carbonyl (C=O) groups is 1. The Morgan fingerprint density at radius 1 is 1.17 bits per heavy atom. The summed E-state index contributed by atoms with van der Waals surface area (Å²) in [6.07, 6.45) is -0.568. The second-order valence-electron chi connectivity index (χ2n) is 6.00. The van der Waals surface area contributed by atoms with Crippen LogP contribution in [-0.2, 0) is 0 Å². The topological polar surface area (TPSA) is 43.8 Å². The Bertz CT molecular complexity index is 690. The number of aliphatic hydroxyl groups excluding tert-OH is 1. The first-order chi connectivity index (χ1) is 11.6. The minimum atomic E-state index is -0.568. The minimum Gasteiger partial charge on any atom is -0.390 e. The fourth-order valence-corrected chi connectivity index (χ4v) is 3.26. The molecule has 1 N–H and O–H groups in total. The molecule has 1 saturated heterocycles. The molecule has 1 amide bonds. The molecule has 1 heterocycles. The minimum absolute atomic E-state index is 0.125. The van der Waals surface area contributed by atoms with Gasteiger partial charge in [-0.25, -0.2) is 0 Å². The van der Waals surface area contributed by atoms with E-state index < -0.39 is 6.10 Å². The summed E-state index contributed by atoms with van der Waals surface area (Å²) in [4.78, 5) is 17.0. The van der Waals surface area contributed by atoms with Crippen LogP contribution in [0.5, 0.6) is 0 Å². The highest BCUT2D eigenvalue weighted by atomic mass is 35.5. The summed E-state index contributed by atoms with van der Waals surface area (Å²) in [5.41, 5.74) is 1.35.